The van der Waals surface area contributed by atoms with Crippen LogP contribution < -0.4 is 10.5 Å². The van der Waals surface area contributed by atoms with Gasteiger partial charge in [-0.3, -0.25) is 0 Å². The van der Waals surface area contributed by atoms with Gasteiger partial charge in [0.2, 0.25) is 0 Å². The summed E-state index contributed by atoms with van der Waals surface area (Å²) in [6.45, 7) is 3.45. The lowest BCUT2D eigenvalue weighted by molar-refractivity contribution is 0.340. The number of hydrogen-bond donors (Lipinski definition) is 1. The van der Waals surface area contributed by atoms with E-state index in [4.69, 9.17) is 10.5 Å². The number of hydrogen-bond acceptors (Lipinski definition) is 4. The van der Waals surface area contributed by atoms with Crippen LogP contribution in [0.1, 0.15) is 13.8 Å². The van der Waals surface area contributed by atoms with E-state index in [0.29, 0.717) is 11.4 Å². The number of sulfone groups is 1. The molecule has 6 heteroatoms. The third kappa shape index (κ3) is 4.55. The summed E-state index contributed by atoms with van der Waals surface area (Å²) in [6, 6.07) is 5.16. The molecule has 0 saturated heterocycles. The Kier molecular flexibility index (Phi) is 4.82. The summed E-state index contributed by atoms with van der Waals surface area (Å²) in [6.07, 6.45) is 0. The van der Waals surface area contributed by atoms with Gasteiger partial charge in [-0.2, -0.15) is 0 Å². The summed E-state index contributed by atoms with van der Waals surface area (Å²) in [5.74, 6) is 0.577. The molecule has 0 aliphatic rings. The summed E-state index contributed by atoms with van der Waals surface area (Å²) in [5.41, 5.74) is 6.21. The number of benzene rings is 1. The van der Waals surface area contributed by atoms with E-state index in [1.165, 1.54) is 0 Å². The molecule has 0 atom stereocenters. The van der Waals surface area contributed by atoms with Crippen molar-refractivity contribution in [3.05, 3.63) is 22.7 Å². The highest BCUT2D eigenvalue weighted by Crippen LogP contribution is 2.22. The first-order chi connectivity index (χ1) is 7.81. The third-order valence-electron chi connectivity index (χ3n) is 2.25. The van der Waals surface area contributed by atoms with Crippen LogP contribution in [-0.2, 0) is 9.84 Å². The van der Waals surface area contributed by atoms with Crippen LogP contribution in [0, 0.1) is 0 Å². The fourth-order valence-corrected chi connectivity index (χ4v) is 2.46. The highest BCUT2D eigenvalue weighted by atomic mass is 79.9. The number of rotatable bonds is 5. The molecule has 2 N–H and O–H groups in total. The zero-order valence-electron chi connectivity index (χ0n) is 9.81. The molecule has 0 amide bonds. The molecule has 1 aromatic carbocycles. The first kappa shape index (κ1) is 14.3. The van der Waals surface area contributed by atoms with E-state index in [9.17, 15) is 8.42 Å². The molecule has 96 valence electrons. The van der Waals surface area contributed by atoms with Gasteiger partial charge in [0.15, 0.2) is 9.84 Å². The van der Waals surface area contributed by atoms with Crippen molar-refractivity contribution in [3.8, 4) is 5.75 Å². The topological polar surface area (TPSA) is 69.4 Å². The van der Waals surface area contributed by atoms with Crippen LogP contribution >= 0.6 is 15.9 Å². The van der Waals surface area contributed by atoms with Gasteiger partial charge in [-0.15, -0.1) is 0 Å². The lowest BCUT2D eigenvalue weighted by Crippen LogP contribution is -2.22. The molecule has 17 heavy (non-hydrogen) atoms. The molecule has 0 bridgehead atoms. The Balaban J connectivity index is 2.57. The van der Waals surface area contributed by atoms with E-state index in [2.05, 4.69) is 15.9 Å². The molecule has 1 rings (SSSR count). The summed E-state index contributed by atoms with van der Waals surface area (Å²) < 4.78 is 29.3. The van der Waals surface area contributed by atoms with Crippen molar-refractivity contribution in [3.63, 3.8) is 0 Å². The Morgan fingerprint density at radius 2 is 2.00 bits per heavy atom. The Labute approximate surface area is 110 Å². The maximum absolute atomic E-state index is 11.5. The second-order valence-corrected chi connectivity index (χ2v) is 7.58. The SMILES string of the molecule is CC(C)S(=O)(=O)CCOc1cc(N)cc(Br)c1. The van der Waals surface area contributed by atoms with Crippen molar-refractivity contribution < 1.29 is 13.2 Å². The van der Waals surface area contributed by atoms with E-state index in [1.54, 1.807) is 32.0 Å². The molecule has 0 fully saturated rings. The summed E-state index contributed by atoms with van der Waals surface area (Å²) in [4.78, 5) is 0. The van der Waals surface area contributed by atoms with Gasteiger partial charge in [-0.1, -0.05) is 15.9 Å². The van der Waals surface area contributed by atoms with E-state index < -0.39 is 9.84 Å². The lowest BCUT2D eigenvalue weighted by atomic mass is 10.3. The van der Waals surface area contributed by atoms with E-state index in [0.717, 1.165) is 4.47 Å². The highest BCUT2D eigenvalue weighted by molar-refractivity contribution is 9.10. The van der Waals surface area contributed by atoms with Crippen LogP contribution in [-0.4, -0.2) is 26.0 Å². The van der Waals surface area contributed by atoms with Crippen LogP contribution in [0.25, 0.3) is 0 Å². The van der Waals surface area contributed by atoms with Crippen LogP contribution in [0.15, 0.2) is 22.7 Å². The zero-order valence-corrected chi connectivity index (χ0v) is 12.2. The summed E-state index contributed by atoms with van der Waals surface area (Å²) >= 11 is 3.29. The Morgan fingerprint density at radius 3 is 2.53 bits per heavy atom. The molecule has 0 saturated carbocycles. The fraction of sp³-hybridized carbons (Fsp3) is 0.455. The molecule has 0 spiro atoms. The number of anilines is 1. The Morgan fingerprint density at radius 1 is 1.35 bits per heavy atom. The van der Waals surface area contributed by atoms with Gasteiger partial charge in [-0.25, -0.2) is 8.42 Å². The van der Waals surface area contributed by atoms with Crippen LogP contribution in [0.5, 0.6) is 5.75 Å². The molecule has 4 nitrogen and oxygen atoms in total. The smallest absolute Gasteiger partial charge is 0.155 e. The van der Waals surface area contributed by atoms with Gasteiger partial charge in [0.25, 0.3) is 0 Å². The van der Waals surface area contributed by atoms with E-state index in [1.807, 2.05) is 0 Å². The van der Waals surface area contributed by atoms with Crippen LogP contribution in [0.4, 0.5) is 5.69 Å². The van der Waals surface area contributed by atoms with Gasteiger partial charge in [0.1, 0.15) is 12.4 Å². The van der Waals surface area contributed by atoms with Gasteiger partial charge < -0.3 is 10.5 Å². The normalized spacial score (nSPS) is 11.8. The molecule has 0 aromatic heterocycles. The Hall–Kier alpha value is -0.750. The first-order valence-corrected chi connectivity index (χ1v) is 7.72. The van der Waals surface area contributed by atoms with Crippen molar-refractivity contribution >= 4 is 31.5 Å². The second-order valence-electron chi connectivity index (χ2n) is 3.98. The largest absolute Gasteiger partial charge is 0.492 e. The predicted molar refractivity (Wildman–Crippen MR) is 73.0 cm³/mol. The Bertz CT molecular complexity index is 465. The molecule has 0 radical (unpaired) electrons. The van der Waals surface area contributed by atoms with E-state index in [-0.39, 0.29) is 17.6 Å². The van der Waals surface area contributed by atoms with Crippen molar-refractivity contribution in [2.24, 2.45) is 0 Å². The second kappa shape index (κ2) is 5.73. The molecule has 1 aromatic rings. The molecule has 0 unspecified atom stereocenters. The number of ether oxygens (including phenoxy) is 1. The van der Waals surface area contributed by atoms with E-state index >= 15 is 0 Å². The maximum Gasteiger partial charge on any atom is 0.155 e. The standard InChI is InChI=1S/C11H16BrNO3S/c1-8(2)17(14,15)4-3-16-11-6-9(12)5-10(13)7-11/h5-8H,3-4,13H2,1-2H3. The predicted octanol–water partition coefficient (Wildman–Crippen LogP) is 2.23. The van der Waals surface area contributed by atoms with Crippen molar-refractivity contribution in [1.29, 1.82) is 0 Å². The average Bonchev–Trinajstić information content (AvgIpc) is 2.15. The minimum absolute atomic E-state index is 0.0110. The average molecular weight is 322 g/mol. The molecule has 0 heterocycles. The van der Waals surface area contributed by atoms with Gasteiger partial charge >= 0.3 is 0 Å². The van der Waals surface area contributed by atoms with Crippen LogP contribution in [0.2, 0.25) is 0 Å². The monoisotopic (exact) mass is 321 g/mol. The number of nitrogens with two attached hydrogens (primary N) is 1. The number of nitrogen functional groups attached to an aromatic ring is 1. The summed E-state index contributed by atoms with van der Waals surface area (Å²) in [5, 5.41) is -0.376. The molecule has 0 aliphatic carbocycles. The van der Waals surface area contributed by atoms with Crippen molar-refractivity contribution in [2.45, 2.75) is 19.1 Å². The zero-order chi connectivity index (χ0) is 13.1. The minimum Gasteiger partial charge on any atom is -0.492 e. The van der Waals surface area contributed by atoms with Gasteiger partial charge in [0, 0.05) is 16.2 Å². The lowest BCUT2D eigenvalue weighted by Gasteiger charge is -2.10. The van der Waals surface area contributed by atoms with Crippen molar-refractivity contribution in [1.82, 2.24) is 0 Å². The molecule has 0 aliphatic heterocycles. The molecular weight excluding hydrogens is 306 g/mol. The quantitative estimate of drug-likeness (QED) is 0.844. The minimum atomic E-state index is -3.06. The summed E-state index contributed by atoms with van der Waals surface area (Å²) in [7, 11) is -3.06. The maximum atomic E-state index is 11.5. The fourth-order valence-electron chi connectivity index (χ4n) is 1.18. The number of halogens is 1. The van der Waals surface area contributed by atoms with Crippen molar-refractivity contribution in [2.75, 3.05) is 18.1 Å². The molecular formula is C11H16BrNO3S. The first-order valence-electron chi connectivity index (χ1n) is 5.21. The van der Waals surface area contributed by atoms with Crippen LogP contribution in [0.3, 0.4) is 0 Å². The van der Waals surface area contributed by atoms with Gasteiger partial charge in [-0.05, 0) is 26.0 Å². The third-order valence-corrected chi connectivity index (χ3v) is 4.88. The van der Waals surface area contributed by atoms with Gasteiger partial charge in [0.05, 0.1) is 11.0 Å². The highest BCUT2D eigenvalue weighted by Gasteiger charge is 2.15.